The molecule has 0 N–H and O–H groups in total. The van der Waals surface area contributed by atoms with Crippen molar-refractivity contribution in [3.63, 3.8) is 0 Å². The number of thiophene rings is 1. The lowest BCUT2D eigenvalue weighted by Gasteiger charge is -2.01. The maximum Gasteiger partial charge on any atom is 0.393 e. The quantitative estimate of drug-likeness (QED) is 0.772. The Kier molecular flexibility index (Phi) is 4.45. The van der Waals surface area contributed by atoms with Gasteiger partial charge in [0, 0.05) is 16.0 Å². The third-order valence-electron chi connectivity index (χ3n) is 1.95. The third kappa shape index (κ3) is 3.66. The van der Waals surface area contributed by atoms with Crippen molar-refractivity contribution < 1.29 is 13.2 Å². The smallest absolute Gasteiger partial charge is 0.241 e. The summed E-state index contributed by atoms with van der Waals surface area (Å²) in [5, 5.41) is 0.710. The lowest BCUT2D eigenvalue weighted by molar-refractivity contribution is -0.126. The molecule has 0 amide bonds. The van der Waals surface area contributed by atoms with E-state index in [9.17, 15) is 13.2 Å². The summed E-state index contributed by atoms with van der Waals surface area (Å²) in [6, 6.07) is 1.52. The fourth-order valence-electron chi connectivity index (χ4n) is 1.31. The first-order valence-electron chi connectivity index (χ1n) is 5.22. The molecule has 17 heavy (non-hydrogen) atoms. The van der Waals surface area contributed by atoms with Crippen molar-refractivity contribution in [2.75, 3.05) is 0 Å². The largest absolute Gasteiger partial charge is 0.393 e. The molecule has 6 heteroatoms. The summed E-state index contributed by atoms with van der Waals surface area (Å²) in [6.07, 6.45) is -3.69. The molecule has 2 aromatic heterocycles. The molecule has 0 aromatic carbocycles. The van der Waals surface area contributed by atoms with Gasteiger partial charge in [-0.2, -0.15) is 13.2 Å². The number of halogens is 3. The van der Waals surface area contributed by atoms with E-state index in [1.807, 2.05) is 13.8 Å². The Morgan fingerprint density at radius 2 is 1.88 bits per heavy atom. The molecular formula is C11H13F3N2S. The fraction of sp³-hybridized carbons (Fsp3) is 0.455. The second-order valence-corrected chi connectivity index (χ2v) is 4.30. The van der Waals surface area contributed by atoms with Crippen LogP contribution in [0.25, 0.3) is 10.2 Å². The number of hydrogen-bond acceptors (Lipinski definition) is 3. The SMILES string of the molecule is CC.Cc1ncnc2sc(CC(F)(F)F)cc12. The van der Waals surface area contributed by atoms with Crippen molar-refractivity contribution in [1.29, 1.82) is 0 Å². The Balaban J connectivity index is 0.000000686. The Labute approximate surface area is 102 Å². The summed E-state index contributed by atoms with van der Waals surface area (Å²) in [5.74, 6) is 0. The van der Waals surface area contributed by atoms with Crippen molar-refractivity contribution in [2.24, 2.45) is 0 Å². The van der Waals surface area contributed by atoms with Gasteiger partial charge in [-0.15, -0.1) is 11.3 Å². The van der Waals surface area contributed by atoms with Crippen LogP contribution in [-0.4, -0.2) is 16.1 Å². The standard InChI is InChI=1S/C9H7F3N2S.C2H6/c1-5-7-2-6(3-9(10,11)12)15-8(7)14-4-13-5;1-2/h2,4H,3H2,1H3;1-2H3. The van der Waals surface area contributed by atoms with Gasteiger partial charge in [0.25, 0.3) is 0 Å². The minimum absolute atomic E-state index is 0.279. The predicted octanol–water partition coefficient (Wildman–Crippen LogP) is 4.13. The third-order valence-corrected chi connectivity index (χ3v) is 3.00. The van der Waals surface area contributed by atoms with Gasteiger partial charge in [-0.25, -0.2) is 9.97 Å². The lowest BCUT2D eigenvalue weighted by atomic mass is 10.2. The molecule has 0 unspecified atom stereocenters. The summed E-state index contributed by atoms with van der Waals surface area (Å²) >= 11 is 1.07. The van der Waals surface area contributed by atoms with Gasteiger partial charge in [0.05, 0.1) is 6.42 Å². The van der Waals surface area contributed by atoms with Gasteiger partial charge >= 0.3 is 6.18 Å². The maximum atomic E-state index is 12.1. The molecule has 0 aliphatic rings. The molecule has 2 aromatic rings. The van der Waals surface area contributed by atoms with Crippen molar-refractivity contribution in [1.82, 2.24) is 9.97 Å². The first-order valence-corrected chi connectivity index (χ1v) is 6.04. The van der Waals surface area contributed by atoms with Crippen LogP contribution in [0.1, 0.15) is 24.4 Å². The molecule has 0 spiro atoms. The summed E-state index contributed by atoms with van der Waals surface area (Å²) in [4.78, 5) is 8.76. The van der Waals surface area contributed by atoms with E-state index in [1.165, 1.54) is 12.4 Å². The van der Waals surface area contributed by atoms with Crippen LogP contribution in [0.3, 0.4) is 0 Å². The second-order valence-electron chi connectivity index (χ2n) is 3.18. The zero-order valence-corrected chi connectivity index (χ0v) is 10.6. The van der Waals surface area contributed by atoms with Crippen LogP contribution in [0.15, 0.2) is 12.4 Å². The molecule has 0 aliphatic heterocycles. The average Bonchev–Trinajstić information content (AvgIpc) is 2.62. The van der Waals surface area contributed by atoms with Gasteiger partial charge in [-0.3, -0.25) is 0 Å². The molecule has 2 heterocycles. The topological polar surface area (TPSA) is 25.8 Å². The van der Waals surface area contributed by atoms with E-state index in [1.54, 1.807) is 6.92 Å². The Morgan fingerprint density at radius 1 is 1.24 bits per heavy atom. The highest BCUT2D eigenvalue weighted by Crippen LogP contribution is 2.30. The normalized spacial score (nSPS) is 11.2. The van der Waals surface area contributed by atoms with Crippen LogP contribution in [0.2, 0.25) is 0 Å². The molecule has 0 radical (unpaired) electrons. The molecule has 0 saturated carbocycles. The Morgan fingerprint density at radius 3 is 2.41 bits per heavy atom. The summed E-state index contributed by atoms with van der Waals surface area (Å²) in [5.41, 5.74) is 0.713. The zero-order chi connectivity index (χ0) is 13.1. The number of rotatable bonds is 1. The van der Waals surface area contributed by atoms with E-state index in [-0.39, 0.29) is 4.88 Å². The van der Waals surface area contributed by atoms with Crippen molar-refractivity contribution in [2.45, 2.75) is 33.4 Å². The first-order chi connectivity index (χ1) is 7.96. The molecule has 0 aliphatic carbocycles. The van der Waals surface area contributed by atoms with Gasteiger partial charge in [0.1, 0.15) is 11.2 Å². The monoisotopic (exact) mass is 262 g/mol. The predicted molar refractivity (Wildman–Crippen MR) is 63.3 cm³/mol. The minimum atomic E-state index is -4.16. The van der Waals surface area contributed by atoms with E-state index in [4.69, 9.17) is 0 Å². The highest BCUT2D eigenvalue weighted by atomic mass is 32.1. The fourth-order valence-corrected chi connectivity index (χ4v) is 2.39. The van der Waals surface area contributed by atoms with E-state index in [2.05, 4.69) is 9.97 Å². The minimum Gasteiger partial charge on any atom is -0.241 e. The van der Waals surface area contributed by atoms with Crippen LogP contribution in [0.4, 0.5) is 13.2 Å². The van der Waals surface area contributed by atoms with Crippen molar-refractivity contribution >= 4 is 21.6 Å². The summed E-state index contributed by atoms with van der Waals surface area (Å²) < 4.78 is 36.4. The number of aromatic nitrogens is 2. The van der Waals surface area contributed by atoms with Crippen LogP contribution in [0.5, 0.6) is 0 Å². The molecule has 94 valence electrons. The van der Waals surface area contributed by atoms with Gasteiger partial charge in [0.2, 0.25) is 0 Å². The maximum absolute atomic E-state index is 12.1. The Hall–Kier alpha value is -1.17. The number of fused-ring (bicyclic) bond motifs is 1. The molecule has 0 atom stereocenters. The highest BCUT2D eigenvalue weighted by molar-refractivity contribution is 7.18. The van der Waals surface area contributed by atoms with Gasteiger partial charge < -0.3 is 0 Å². The summed E-state index contributed by atoms with van der Waals surface area (Å²) in [6.45, 7) is 5.76. The van der Waals surface area contributed by atoms with Crippen molar-refractivity contribution in [3.05, 3.63) is 23.0 Å². The van der Waals surface area contributed by atoms with E-state index in [0.29, 0.717) is 15.9 Å². The number of aryl methyl sites for hydroxylation is 1. The van der Waals surface area contributed by atoms with E-state index >= 15 is 0 Å². The molecule has 2 nitrogen and oxygen atoms in total. The number of hydrogen-bond donors (Lipinski definition) is 0. The van der Waals surface area contributed by atoms with Gasteiger partial charge in [-0.1, -0.05) is 13.8 Å². The molecule has 0 fully saturated rings. The molecule has 0 saturated heterocycles. The van der Waals surface area contributed by atoms with Gasteiger partial charge in [0.15, 0.2) is 0 Å². The average molecular weight is 262 g/mol. The number of alkyl halides is 3. The van der Waals surface area contributed by atoms with Crippen molar-refractivity contribution in [3.8, 4) is 0 Å². The first kappa shape index (κ1) is 13.9. The lowest BCUT2D eigenvalue weighted by Crippen LogP contribution is -2.09. The van der Waals surface area contributed by atoms with Crippen LogP contribution < -0.4 is 0 Å². The van der Waals surface area contributed by atoms with E-state index in [0.717, 1.165) is 11.3 Å². The molecular weight excluding hydrogens is 249 g/mol. The molecule has 0 bridgehead atoms. The number of nitrogens with zero attached hydrogens (tertiary/aromatic N) is 2. The zero-order valence-electron chi connectivity index (χ0n) is 9.80. The highest BCUT2D eigenvalue weighted by Gasteiger charge is 2.28. The molecule has 2 rings (SSSR count). The second kappa shape index (κ2) is 5.44. The van der Waals surface area contributed by atoms with Crippen LogP contribution in [0, 0.1) is 6.92 Å². The van der Waals surface area contributed by atoms with Crippen LogP contribution in [-0.2, 0) is 6.42 Å². The van der Waals surface area contributed by atoms with Crippen LogP contribution >= 0.6 is 11.3 Å². The van der Waals surface area contributed by atoms with Gasteiger partial charge in [-0.05, 0) is 13.0 Å². The Bertz CT molecular complexity index is 491. The van der Waals surface area contributed by atoms with E-state index < -0.39 is 12.6 Å². The summed E-state index contributed by atoms with van der Waals surface area (Å²) in [7, 11) is 0.